The van der Waals surface area contributed by atoms with Crippen LogP contribution in [0.25, 0.3) is 0 Å². The van der Waals surface area contributed by atoms with Crippen LogP contribution >= 0.6 is 11.6 Å². The molecule has 3 rings (SSSR count). The highest BCUT2D eigenvalue weighted by Gasteiger charge is 2.37. The molecule has 0 bridgehead atoms. The summed E-state index contributed by atoms with van der Waals surface area (Å²) in [4.78, 5) is 37.8. The fourth-order valence-electron chi connectivity index (χ4n) is 2.90. The number of nitrogens with zero attached hydrogens (tertiary/aromatic N) is 1. The third-order valence-corrected chi connectivity index (χ3v) is 4.61. The summed E-state index contributed by atoms with van der Waals surface area (Å²) >= 11 is 5.81. The van der Waals surface area contributed by atoms with Gasteiger partial charge in [-0.15, -0.1) is 0 Å². The molecule has 1 saturated heterocycles. The molecule has 4 amide bonds. The van der Waals surface area contributed by atoms with Gasteiger partial charge < -0.3 is 10.6 Å². The van der Waals surface area contributed by atoms with Gasteiger partial charge >= 0.3 is 6.03 Å². The van der Waals surface area contributed by atoms with E-state index >= 15 is 0 Å². The molecule has 2 aromatic carbocycles. The SMILES string of the molecule is O=C(CC[C@H]1NC(=O)N(CCc2ccccc2)C1=O)Nc1ccc(Cl)cc1. The van der Waals surface area contributed by atoms with E-state index in [2.05, 4.69) is 10.6 Å². The van der Waals surface area contributed by atoms with Gasteiger partial charge in [-0.05, 0) is 42.7 Å². The van der Waals surface area contributed by atoms with E-state index < -0.39 is 12.1 Å². The summed E-state index contributed by atoms with van der Waals surface area (Å²) in [6.45, 7) is 0.322. The summed E-state index contributed by atoms with van der Waals surface area (Å²) in [6.07, 6.45) is 0.988. The minimum absolute atomic E-state index is 0.131. The first-order valence-corrected chi connectivity index (χ1v) is 9.12. The molecule has 0 spiro atoms. The van der Waals surface area contributed by atoms with Crippen LogP contribution in [0, 0.1) is 0 Å². The highest BCUT2D eigenvalue weighted by molar-refractivity contribution is 6.30. The summed E-state index contributed by atoms with van der Waals surface area (Å²) in [5.74, 6) is -0.502. The lowest BCUT2D eigenvalue weighted by atomic mass is 10.1. The van der Waals surface area contributed by atoms with E-state index in [1.54, 1.807) is 24.3 Å². The highest BCUT2D eigenvalue weighted by atomic mass is 35.5. The second-order valence-corrected chi connectivity index (χ2v) is 6.76. The van der Waals surface area contributed by atoms with Crippen LogP contribution in [-0.4, -0.2) is 35.3 Å². The van der Waals surface area contributed by atoms with Crippen LogP contribution in [0.15, 0.2) is 54.6 Å². The molecule has 1 heterocycles. The summed E-state index contributed by atoms with van der Waals surface area (Å²) in [6, 6.07) is 15.4. The zero-order valence-electron chi connectivity index (χ0n) is 14.7. The van der Waals surface area contributed by atoms with Gasteiger partial charge in [-0.25, -0.2) is 4.79 Å². The molecule has 2 N–H and O–H groups in total. The van der Waals surface area contributed by atoms with Crippen molar-refractivity contribution in [2.24, 2.45) is 0 Å². The van der Waals surface area contributed by atoms with E-state index in [1.807, 2.05) is 30.3 Å². The van der Waals surface area contributed by atoms with Crippen molar-refractivity contribution in [2.75, 3.05) is 11.9 Å². The zero-order chi connectivity index (χ0) is 19.2. The van der Waals surface area contributed by atoms with Crippen LogP contribution in [0.5, 0.6) is 0 Å². The second-order valence-electron chi connectivity index (χ2n) is 6.32. The van der Waals surface area contributed by atoms with Crippen LogP contribution in [0.2, 0.25) is 5.02 Å². The molecule has 27 heavy (non-hydrogen) atoms. The Balaban J connectivity index is 1.48. The monoisotopic (exact) mass is 385 g/mol. The molecule has 6 nitrogen and oxygen atoms in total. The fourth-order valence-corrected chi connectivity index (χ4v) is 3.03. The summed E-state index contributed by atoms with van der Waals surface area (Å²) in [5.41, 5.74) is 1.69. The minimum atomic E-state index is -0.663. The van der Waals surface area contributed by atoms with Crippen molar-refractivity contribution in [2.45, 2.75) is 25.3 Å². The molecule has 0 radical (unpaired) electrons. The maximum Gasteiger partial charge on any atom is 0.324 e. The molecule has 0 saturated carbocycles. The van der Waals surface area contributed by atoms with E-state index in [1.165, 1.54) is 4.90 Å². The lowest BCUT2D eigenvalue weighted by molar-refractivity contribution is -0.127. The van der Waals surface area contributed by atoms with Crippen molar-refractivity contribution in [3.05, 3.63) is 65.2 Å². The Morgan fingerprint density at radius 2 is 1.78 bits per heavy atom. The topological polar surface area (TPSA) is 78.5 Å². The lowest BCUT2D eigenvalue weighted by Gasteiger charge is -2.13. The number of rotatable bonds is 7. The van der Waals surface area contributed by atoms with Crippen molar-refractivity contribution < 1.29 is 14.4 Å². The number of hydrogen-bond donors (Lipinski definition) is 2. The number of hydrogen-bond acceptors (Lipinski definition) is 3. The number of anilines is 1. The number of amides is 4. The van der Waals surface area contributed by atoms with Crippen molar-refractivity contribution in [1.29, 1.82) is 0 Å². The molecule has 140 valence electrons. The first-order chi connectivity index (χ1) is 13.0. The van der Waals surface area contributed by atoms with Crippen molar-refractivity contribution in [3.63, 3.8) is 0 Å². The first kappa shape index (κ1) is 18.9. The summed E-state index contributed by atoms with van der Waals surface area (Å²) in [7, 11) is 0. The molecule has 1 fully saturated rings. The Morgan fingerprint density at radius 1 is 1.07 bits per heavy atom. The fraction of sp³-hybridized carbons (Fsp3) is 0.250. The Hall–Kier alpha value is -2.86. The van der Waals surface area contributed by atoms with Gasteiger partial charge in [0.25, 0.3) is 5.91 Å². The molecule has 1 atom stereocenters. The molecule has 7 heteroatoms. The first-order valence-electron chi connectivity index (χ1n) is 8.74. The maximum absolute atomic E-state index is 12.4. The standard InChI is InChI=1S/C20H20ClN3O3/c21-15-6-8-16(9-7-15)22-18(25)11-10-17-19(26)24(20(27)23-17)13-12-14-4-2-1-3-5-14/h1-9,17H,10-13H2,(H,22,25)(H,23,27)/t17-/m1/s1. The molecule has 0 aliphatic carbocycles. The van der Waals surface area contributed by atoms with E-state index in [0.29, 0.717) is 23.7 Å². The lowest BCUT2D eigenvalue weighted by Crippen LogP contribution is -2.33. The van der Waals surface area contributed by atoms with Crippen LogP contribution in [0.4, 0.5) is 10.5 Å². The van der Waals surface area contributed by atoms with Gasteiger partial charge in [-0.2, -0.15) is 0 Å². The zero-order valence-corrected chi connectivity index (χ0v) is 15.4. The van der Waals surface area contributed by atoms with E-state index in [4.69, 9.17) is 11.6 Å². The van der Waals surface area contributed by atoms with Crippen LogP contribution in [0.1, 0.15) is 18.4 Å². The quantitative estimate of drug-likeness (QED) is 0.718. The number of imide groups is 1. The third-order valence-electron chi connectivity index (χ3n) is 4.36. The largest absolute Gasteiger partial charge is 0.326 e. The minimum Gasteiger partial charge on any atom is -0.326 e. The molecule has 0 unspecified atom stereocenters. The average Bonchev–Trinajstić information content (AvgIpc) is 2.94. The van der Waals surface area contributed by atoms with Crippen molar-refractivity contribution >= 4 is 35.1 Å². The number of halogens is 1. The molecule has 1 aliphatic heterocycles. The van der Waals surface area contributed by atoms with Gasteiger partial charge in [0.2, 0.25) is 5.91 Å². The van der Waals surface area contributed by atoms with Crippen molar-refractivity contribution in [1.82, 2.24) is 10.2 Å². The van der Waals surface area contributed by atoms with E-state index in [0.717, 1.165) is 5.56 Å². The van der Waals surface area contributed by atoms with Crippen LogP contribution < -0.4 is 10.6 Å². The molecule has 2 aromatic rings. The third kappa shape index (κ3) is 5.08. The summed E-state index contributed by atoms with van der Waals surface area (Å²) < 4.78 is 0. The van der Waals surface area contributed by atoms with Crippen LogP contribution in [-0.2, 0) is 16.0 Å². The van der Waals surface area contributed by atoms with Gasteiger partial charge in [0.1, 0.15) is 6.04 Å². The molecular weight excluding hydrogens is 366 g/mol. The Morgan fingerprint density at radius 3 is 2.48 bits per heavy atom. The summed E-state index contributed by atoms with van der Waals surface area (Å²) in [5, 5.41) is 5.98. The van der Waals surface area contributed by atoms with Gasteiger partial charge in [0.05, 0.1) is 0 Å². The number of nitrogens with one attached hydrogen (secondary N) is 2. The predicted octanol–water partition coefficient (Wildman–Crippen LogP) is 3.22. The van der Waals surface area contributed by atoms with Crippen LogP contribution in [0.3, 0.4) is 0 Å². The van der Waals surface area contributed by atoms with Gasteiger partial charge in [0, 0.05) is 23.7 Å². The molecule has 0 aromatic heterocycles. The van der Waals surface area contributed by atoms with Crippen molar-refractivity contribution in [3.8, 4) is 0 Å². The normalized spacial score (nSPS) is 16.3. The average molecular weight is 386 g/mol. The predicted molar refractivity (Wildman–Crippen MR) is 103 cm³/mol. The van der Waals surface area contributed by atoms with Gasteiger partial charge in [-0.1, -0.05) is 41.9 Å². The van der Waals surface area contributed by atoms with Gasteiger partial charge in [0.15, 0.2) is 0 Å². The van der Waals surface area contributed by atoms with E-state index in [9.17, 15) is 14.4 Å². The number of carbonyl (C=O) groups excluding carboxylic acids is 3. The van der Waals surface area contributed by atoms with E-state index in [-0.39, 0.29) is 24.7 Å². The second kappa shape index (κ2) is 8.68. The number of carbonyl (C=O) groups is 3. The Bertz CT molecular complexity index is 824. The Kier molecular flexibility index (Phi) is 6.08. The number of urea groups is 1. The molecule has 1 aliphatic rings. The van der Waals surface area contributed by atoms with Gasteiger partial charge in [-0.3, -0.25) is 14.5 Å². The number of benzene rings is 2. The Labute approximate surface area is 162 Å². The maximum atomic E-state index is 12.4. The highest BCUT2D eigenvalue weighted by Crippen LogP contribution is 2.16. The molecular formula is C20H20ClN3O3. The smallest absolute Gasteiger partial charge is 0.324 e.